The first kappa shape index (κ1) is 17.1. The lowest BCUT2D eigenvalue weighted by molar-refractivity contribution is 0.0992. The summed E-state index contributed by atoms with van der Waals surface area (Å²) >= 11 is 7.25. The summed E-state index contributed by atoms with van der Waals surface area (Å²) in [6.07, 6.45) is 0. The van der Waals surface area contributed by atoms with Gasteiger partial charge in [0.1, 0.15) is 16.5 Å². The Kier molecular flexibility index (Phi) is 4.78. The third-order valence-corrected chi connectivity index (χ3v) is 4.42. The van der Waals surface area contributed by atoms with Crippen molar-refractivity contribution < 1.29 is 14.0 Å². The van der Waals surface area contributed by atoms with Gasteiger partial charge < -0.3 is 11.1 Å². The highest BCUT2D eigenvalue weighted by molar-refractivity contribution is 7.13. The average molecular weight is 376 g/mol. The molecule has 0 bridgehead atoms. The van der Waals surface area contributed by atoms with Gasteiger partial charge in [-0.2, -0.15) is 0 Å². The molecule has 1 aromatic heterocycles. The van der Waals surface area contributed by atoms with Crippen molar-refractivity contribution in [2.24, 2.45) is 5.73 Å². The van der Waals surface area contributed by atoms with Crippen molar-refractivity contribution in [2.45, 2.75) is 0 Å². The van der Waals surface area contributed by atoms with Crippen LogP contribution < -0.4 is 11.1 Å². The van der Waals surface area contributed by atoms with E-state index in [-0.39, 0.29) is 16.9 Å². The average Bonchev–Trinajstić information content (AvgIpc) is 3.06. The molecule has 5 nitrogen and oxygen atoms in total. The van der Waals surface area contributed by atoms with Crippen LogP contribution in [0.4, 0.5) is 10.1 Å². The van der Waals surface area contributed by atoms with E-state index in [1.807, 2.05) is 6.07 Å². The van der Waals surface area contributed by atoms with E-state index in [2.05, 4.69) is 10.3 Å². The van der Waals surface area contributed by atoms with Crippen molar-refractivity contribution in [2.75, 3.05) is 5.32 Å². The molecule has 0 unspecified atom stereocenters. The second-order valence-electron chi connectivity index (χ2n) is 5.06. The Morgan fingerprint density at radius 1 is 1.20 bits per heavy atom. The third kappa shape index (κ3) is 3.84. The van der Waals surface area contributed by atoms with E-state index in [0.29, 0.717) is 10.0 Å². The number of carbonyl (C=O) groups is 2. The van der Waals surface area contributed by atoms with Crippen LogP contribution in [0.3, 0.4) is 0 Å². The minimum absolute atomic E-state index is 0.199. The molecule has 25 heavy (non-hydrogen) atoms. The molecule has 0 aliphatic rings. The monoisotopic (exact) mass is 375 g/mol. The van der Waals surface area contributed by atoms with E-state index < -0.39 is 17.6 Å². The molecule has 2 aromatic carbocycles. The zero-order chi connectivity index (χ0) is 18.0. The van der Waals surface area contributed by atoms with Crippen molar-refractivity contribution >= 4 is 40.4 Å². The summed E-state index contributed by atoms with van der Waals surface area (Å²) in [7, 11) is 0. The second kappa shape index (κ2) is 7.00. The Morgan fingerprint density at radius 3 is 2.72 bits per heavy atom. The summed E-state index contributed by atoms with van der Waals surface area (Å²) in [5.41, 5.74) is 6.04. The Balaban J connectivity index is 1.81. The summed E-state index contributed by atoms with van der Waals surface area (Å²) in [6, 6.07) is 10.7. The fraction of sp³-hybridized carbons (Fsp3) is 0. The molecule has 0 aliphatic heterocycles. The number of carbonyl (C=O) groups excluding carboxylic acids is 2. The quantitative estimate of drug-likeness (QED) is 0.723. The highest BCUT2D eigenvalue weighted by atomic mass is 35.5. The zero-order valence-corrected chi connectivity index (χ0v) is 14.2. The number of hydrogen-bond donors (Lipinski definition) is 2. The maximum Gasteiger partial charge on any atom is 0.275 e. The number of nitrogens with one attached hydrogen (secondary N) is 1. The fourth-order valence-electron chi connectivity index (χ4n) is 2.12. The highest BCUT2D eigenvalue weighted by Gasteiger charge is 2.14. The molecule has 8 heteroatoms. The molecule has 0 spiro atoms. The summed E-state index contributed by atoms with van der Waals surface area (Å²) in [5, 5.41) is 5.38. The van der Waals surface area contributed by atoms with Gasteiger partial charge in [0.05, 0.1) is 5.56 Å². The molecule has 0 atom stereocenters. The van der Waals surface area contributed by atoms with Crippen molar-refractivity contribution in [3.05, 3.63) is 69.9 Å². The summed E-state index contributed by atoms with van der Waals surface area (Å²) < 4.78 is 13.5. The number of hydrogen-bond acceptors (Lipinski definition) is 4. The van der Waals surface area contributed by atoms with Gasteiger partial charge in [0.2, 0.25) is 0 Å². The van der Waals surface area contributed by atoms with Crippen LogP contribution in [0, 0.1) is 5.82 Å². The van der Waals surface area contributed by atoms with Crippen LogP contribution in [0.5, 0.6) is 0 Å². The van der Waals surface area contributed by atoms with Gasteiger partial charge in [-0.25, -0.2) is 9.37 Å². The Labute approximate surface area is 151 Å². The first-order chi connectivity index (χ1) is 11.9. The van der Waals surface area contributed by atoms with Crippen LogP contribution in [-0.2, 0) is 0 Å². The lowest BCUT2D eigenvalue weighted by Gasteiger charge is -2.05. The van der Waals surface area contributed by atoms with Crippen molar-refractivity contribution in [3.8, 4) is 10.6 Å². The van der Waals surface area contributed by atoms with E-state index in [9.17, 15) is 14.0 Å². The first-order valence-electron chi connectivity index (χ1n) is 7.06. The number of halogens is 2. The first-order valence-corrected chi connectivity index (χ1v) is 8.32. The van der Waals surface area contributed by atoms with E-state index in [1.165, 1.54) is 23.5 Å². The minimum atomic E-state index is -0.912. The Hall–Kier alpha value is -2.77. The number of nitrogens with zero attached hydrogens (tertiary/aromatic N) is 1. The summed E-state index contributed by atoms with van der Waals surface area (Å²) in [6.45, 7) is 0. The predicted octanol–water partition coefficient (Wildman–Crippen LogP) is 3.95. The smallest absolute Gasteiger partial charge is 0.275 e. The molecule has 0 radical (unpaired) electrons. The largest absolute Gasteiger partial charge is 0.366 e. The number of nitrogens with two attached hydrogens (primary N) is 1. The summed E-state index contributed by atoms with van der Waals surface area (Å²) in [4.78, 5) is 27.7. The molecule has 2 amide bonds. The lowest BCUT2D eigenvalue weighted by atomic mass is 10.1. The Morgan fingerprint density at radius 2 is 2.00 bits per heavy atom. The molecular formula is C17H11ClFN3O2S. The number of primary amides is 1. The zero-order valence-electron chi connectivity index (χ0n) is 12.6. The second-order valence-corrected chi connectivity index (χ2v) is 6.36. The number of thiazole rings is 1. The molecule has 1 heterocycles. The van der Waals surface area contributed by atoms with Crippen LogP contribution in [0.25, 0.3) is 10.6 Å². The highest BCUT2D eigenvalue weighted by Crippen LogP contribution is 2.26. The van der Waals surface area contributed by atoms with Crippen molar-refractivity contribution in [1.29, 1.82) is 0 Å². The predicted molar refractivity (Wildman–Crippen MR) is 95.4 cm³/mol. The number of amides is 2. The van der Waals surface area contributed by atoms with Crippen LogP contribution in [0.2, 0.25) is 5.02 Å². The van der Waals surface area contributed by atoms with Gasteiger partial charge in [-0.05, 0) is 30.3 Å². The molecular weight excluding hydrogens is 365 g/mol. The minimum Gasteiger partial charge on any atom is -0.366 e. The molecule has 0 saturated carbocycles. The third-order valence-electron chi connectivity index (χ3n) is 3.30. The van der Waals surface area contributed by atoms with Gasteiger partial charge in [0.15, 0.2) is 0 Å². The maximum atomic E-state index is 13.5. The van der Waals surface area contributed by atoms with Gasteiger partial charge in [-0.1, -0.05) is 23.7 Å². The Bertz CT molecular complexity index is 974. The molecule has 126 valence electrons. The van der Waals surface area contributed by atoms with Crippen molar-refractivity contribution in [1.82, 2.24) is 4.98 Å². The van der Waals surface area contributed by atoms with Gasteiger partial charge in [-0.15, -0.1) is 11.3 Å². The number of rotatable bonds is 4. The number of anilines is 1. The molecule has 3 rings (SSSR count). The van der Waals surface area contributed by atoms with Crippen LogP contribution in [0.15, 0.2) is 47.8 Å². The lowest BCUT2D eigenvalue weighted by Crippen LogP contribution is -2.16. The molecule has 3 N–H and O–H groups in total. The number of benzene rings is 2. The van der Waals surface area contributed by atoms with Crippen LogP contribution in [-0.4, -0.2) is 16.8 Å². The molecule has 0 saturated heterocycles. The topological polar surface area (TPSA) is 85.1 Å². The van der Waals surface area contributed by atoms with Crippen LogP contribution in [0.1, 0.15) is 20.8 Å². The molecule has 0 aliphatic carbocycles. The van der Waals surface area contributed by atoms with Gasteiger partial charge in [0.25, 0.3) is 11.8 Å². The van der Waals surface area contributed by atoms with Gasteiger partial charge >= 0.3 is 0 Å². The standard InChI is InChI=1S/C17H11ClFN3O2S/c18-10-3-1-2-9(6-10)17-22-14(8-25-17)16(24)21-11-4-5-13(19)12(7-11)15(20)23/h1-8H,(H2,20,23)(H,21,24). The molecule has 3 aromatic rings. The molecule has 0 fully saturated rings. The van der Waals surface area contributed by atoms with Crippen molar-refractivity contribution in [3.63, 3.8) is 0 Å². The van der Waals surface area contributed by atoms with E-state index in [4.69, 9.17) is 17.3 Å². The van der Waals surface area contributed by atoms with E-state index in [0.717, 1.165) is 11.6 Å². The van der Waals surface area contributed by atoms with Gasteiger partial charge in [-0.3, -0.25) is 9.59 Å². The van der Waals surface area contributed by atoms with E-state index >= 15 is 0 Å². The van der Waals surface area contributed by atoms with E-state index in [1.54, 1.807) is 23.6 Å². The maximum absolute atomic E-state index is 13.5. The SMILES string of the molecule is NC(=O)c1cc(NC(=O)c2csc(-c3cccc(Cl)c3)n2)ccc1F. The normalized spacial score (nSPS) is 10.5. The van der Waals surface area contributed by atoms with Crippen LogP contribution >= 0.6 is 22.9 Å². The fourth-order valence-corrected chi connectivity index (χ4v) is 3.11. The number of aromatic nitrogens is 1. The van der Waals surface area contributed by atoms with Gasteiger partial charge in [0, 0.05) is 21.7 Å². The summed E-state index contributed by atoms with van der Waals surface area (Å²) in [5.74, 6) is -2.14.